The van der Waals surface area contributed by atoms with Crippen LogP contribution in [0.3, 0.4) is 0 Å². The molecular formula is C10H8Br2ClNOS. The lowest BCUT2D eigenvalue weighted by Gasteiger charge is -2.10. The molecule has 0 fully saturated rings. The predicted molar refractivity (Wildman–Crippen MR) is 74.3 cm³/mol. The van der Waals surface area contributed by atoms with E-state index in [-0.39, 0.29) is 6.04 Å². The van der Waals surface area contributed by atoms with Crippen LogP contribution in [0.15, 0.2) is 31.1 Å². The quantitative estimate of drug-likeness (QED) is 0.819. The molecule has 86 valence electrons. The van der Waals surface area contributed by atoms with Crippen molar-refractivity contribution in [2.45, 2.75) is 6.04 Å². The molecule has 2 aromatic rings. The molecule has 1 atom stereocenters. The largest absolute Gasteiger partial charge is 0.452 e. The Kier molecular flexibility index (Phi) is 4.13. The van der Waals surface area contributed by atoms with Gasteiger partial charge in [0.1, 0.15) is 11.8 Å². The second-order valence-corrected chi connectivity index (χ2v) is 6.72. The van der Waals surface area contributed by atoms with Crippen LogP contribution in [0.25, 0.3) is 0 Å². The number of halogens is 3. The number of thiophene rings is 1. The van der Waals surface area contributed by atoms with Gasteiger partial charge in [-0.3, -0.25) is 0 Å². The van der Waals surface area contributed by atoms with Crippen LogP contribution in [0, 0.1) is 0 Å². The van der Waals surface area contributed by atoms with Crippen molar-refractivity contribution >= 4 is 54.8 Å². The molecule has 1 unspecified atom stereocenters. The molecule has 16 heavy (non-hydrogen) atoms. The Hall–Kier alpha value is 0.190. The first-order chi connectivity index (χ1) is 7.61. The summed E-state index contributed by atoms with van der Waals surface area (Å²) in [4.78, 5) is 1.11. The zero-order chi connectivity index (χ0) is 11.7. The molecule has 0 aromatic carbocycles. The summed E-state index contributed by atoms with van der Waals surface area (Å²) in [6, 6.07) is 5.78. The van der Waals surface area contributed by atoms with Gasteiger partial charge in [-0.05, 0) is 57.1 Å². The van der Waals surface area contributed by atoms with E-state index in [1.165, 1.54) is 0 Å². The Labute approximate surface area is 119 Å². The summed E-state index contributed by atoms with van der Waals surface area (Å²) in [6.45, 7) is 0. The van der Waals surface area contributed by atoms with Gasteiger partial charge < -0.3 is 9.73 Å². The van der Waals surface area contributed by atoms with Crippen LogP contribution in [0.2, 0.25) is 5.02 Å². The van der Waals surface area contributed by atoms with Crippen LogP contribution in [-0.2, 0) is 0 Å². The molecule has 2 rings (SSSR count). The third-order valence-electron chi connectivity index (χ3n) is 2.12. The first kappa shape index (κ1) is 12.6. The van der Waals surface area contributed by atoms with E-state index in [2.05, 4.69) is 37.2 Å². The molecule has 0 aliphatic carbocycles. The molecule has 0 radical (unpaired) electrons. The fourth-order valence-corrected chi connectivity index (χ4v) is 3.60. The lowest BCUT2D eigenvalue weighted by atomic mass is 10.2. The smallest absolute Gasteiger partial charge is 0.169 e. The fourth-order valence-electron chi connectivity index (χ4n) is 1.41. The number of furan rings is 1. The topological polar surface area (TPSA) is 25.2 Å². The van der Waals surface area contributed by atoms with Crippen molar-refractivity contribution in [3.63, 3.8) is 0 Å². The minimum atomic E-state index is 0.0279. The van der Waals surface area contributed by atoms with E-state index < -0.39 is 0 Å². The maximum atomic E-state index is 6.02. The minimum absolute atomic E-state index is 0.0279. The summed E-state index contributed by atoms with van der Waals surface area (Å²) in [6.07, 6.45) is 0. The van der Waals surface area contributed by atoms with Gasteiger partial charge in [-0.2, -0.15) is 0 Å². The van der Waals surface area contributed by atoms with Crippen LogP contribution in [0.5, 0.6) is 0 Å². The fraction of sp³-hybridized carbons (Fsp3) is 0.200. The van der Waals surface area contributed by atoms with E-state index in [4.69, 9.17) is 16.0 Å². The third kappa shape index (κ3) is 2.54. The van der Waals surface area contributed by atoms with Crippen molar-refractivity contribution in [3.05, 3.63) is 42.3 Å². The molecule has 2 aromatic heterocycles. The second kappa shape index (κ2) is 5.23. The normalized spacial score (nSPS) is 13.0. The van der Waals surface area contributed by atoms with E-state index in [1.54, 1.807) is 11.3 Å². The van der Waals surface area contributed by atoms with E-state index in [1.807, 2.05) is 25.2 Å². The zero-order valence-corrected chi connectivity index (χ0v) is 13.0. The van der Waals surface area contributed by atoms with Gasteiger partial charge in [0, 0.05) is 4.88 Å². The SMILES string of the molecule is CNC(c1ccc(Br)o1)c1cc(Cl)c(Br)s1. The van der Waals surface area contributed by atoms with Crippen LogP contribution in [0.1, 0.15) is 16.7 Å². The molecule has 0 spiro atoms. The zero-order valence-electron chi connectivity index (χ0n) is 8.26. The molecule has 0 bridgehead atoms. The Bertz CT molecular complexity index is 477. The number of hydrogen-bond acceptors (Lipinski definition) is 3. The first-order valence-electron chi connectivity index (χ1n) is 4.49. The predicted octanol–water partition coefficient (Wildman–Crippen LogP) is 4.83. The summed E-state index contributed by atoms with van der Waals surface area (Å²) < 4.78 is 7.21. The van der Waals surface area contributed by atoms with Crippen molar-refractivity contribution < 1.29 is 4.42 Å². The second-order valence-electron chi connectivity index (χ2n) is 3.13. The lowest BCUT2D eigenvalue weighted by Crippen LogP contribution is -2.15. The molecule has 0 aliphatic rings. The molecule has 0 saturated heterocycles. The maximum Gasteiger partial charge on any atom is 0.169 e. The highest BCUT2D eigenvalue weighted by molar-refractivity contribution is 9.11. The van der Waals surface area contributed by atoms with Gasteiger partial charge in [-0.25, -0.2) is 0 Å². The van der Waals surface area contributed by atoms with Gasteiger partial charge in [0.2, 0.25) is 0 Å². The van der Waals surface area contributed by atoms with Crippen LogP contribution in [0.4, 0.5) is 0 Å². The standard InChI is InChI=1S/C10H8Br2ClNOS/c1-14-9(6-2-3-8(11)15-6)7-4-5(13)10(12)16-7/h2-4,9,14H,1H3. The molecule has 2 nitrogen and oxygen atoms in total. The molecular weight excluding hydrogens is 377 g/mol. The summed E-state index contributed by atoms with van der Waals surface area (Å²) >= 11 is 14.3. The van der Waals surface area contributed by atoms with E-state index >= 15 is 0 Å². The Morgan fingerprint density at radius 3 is 2.62 bits per heavy atom. The van der Waals surface area contributed by atoms with Gasteiger partial charge in [0.25, 0.3) is 0 Å². The van der Waals surface area contributed by atoms with Crippen molar-refractivity contribution in [1.29, 1.82) is 0 Å². The Balaban J connectivity index is 2.36. The van der Waals surface area contributed by atoms with Crippen molar-refractivity contribution in [2.75, 3.05) is 7.05 Å². The number of nitrogens with one attached hydrogen (secondary N) is 1. The minimum Gasteiger partial charge on any atom is -0.452 e. The van der Waals surface area contributed by atoms with Crippen LogP contribution >= 0.6 is 54.8 Å². The van der Waals surface area contributed by atoms with Crippen LogP contribution in [-0.4, -0.2) is 7.05 Å². The number of rotatable bonds is 3. The monoisotopic (exact) mass is 383 g/mol. The Morgan fingerprint density at radius 2 is 2.19 bits per heavy atom. The summed E-state index contributed by atoms with van der Waals surface area (Å²) in [5.74, 6) is 0.861. The average Bonchev–Trinajstić information content (AvgIpc) is 2.77. The van der Waals surface area contributed by atoms with E-state index in [0.29, 0.717) is 0 Å². The molecule has 0 aliphatic heterocycles. The number of hydrogen-bond donors (Lipinski definition) is 1. The highest BCUT2D eigenvalue weighted by atomic mass is 79.9. The molecule has 0 saturated carbocycles. The summed E-state index contributed by atoms with van der Waals surface area (Å²) in [5, 5.41) is 3.93. The summed E-state index contributed by atoms with van der Waals surface area (Å²) in [7, 11) is 1.89. The van der Waals surface area contributed by atoms with E-state index in [0.717, 1.165) is 24.1 Å². The van der Waals surface area contributed by atoms with Gasteiger partial charge in [0.05, 0.1) is 8.81 Å². The van der Waals surface area contributed by atoms with Crippen molar-refractivity contribution in [1.82, 2.24) is 5.32 Å². The van der Waals surface area contributed by atoms with Crippen molar-refractivity contribution in [2.24, 2.45) is 0 Å². The van der Waals surface area contributed by atoms with Gasteiger partial charge in [0.15, 0.2) is 4.67 Å². The summed E-state index contributed by atoms with van der Waals surface area (Å²) in [5.41, 5.74) is 0. The maximum absolute atomic E-state index is 6.02. The molecule has 0 amide bonds. The highest BCUT2D eigenvalue weighted by Gasteiger charge is 2.19. The van der Waals surface area contributed by atoms with Gasteiger partial charge in [-0.15, -0.1) is 11.3 Å². The molecule has 1 N–H and O–H groups in total. The van der Waals surface area contributed by atoms with Crippen molar-refractivity contribution in [3.8, 4) is 0 Å². The first-order valence-corrected chi connectivity index (χ1v) is 7.27. The van der Waals surface area contributed by atoms with Gasteiger partial charge >= 0.3 is 0 Å². The van der Waals surface area contributed by atoms with Crippen LogP contribution < -0.4 is 5.32 Å². The molecule has 6 heteroatoms. The highest BCUT2D eigenvalue weighted by Crippen LogP contribution is 2.37. The van der Waals surface area contributed by atoms with Gasteiger partial charge in [-0.1, -0.05) is 11.6 Å². The molecule has 2 heterocycles. The third-order valence-corrected chi connectivity index (χ3v) is 5.08. The lowest BCUT2D eigenvalue weighted by molar-refractivity contribution is 0.449. The van der Waals surface area contributed by atoms with E-state index in [9.17, 15) is 0 Å². The Morgan fingerprint density at radius 1 is 1.44 bits per heavy atom. The average molecular weight is 386 g/mol.